The second kappa shape index (κ2) is 5.26. The highest BCUT2D eigenvalue weighted by molar-refractivity contribution is 5.81. The molecule has 0 aromatic rings. The number of carbonyl (C=O) groups excluding carboxylic acids is 1. The monoisotopic (exact) mass is 254 g/mol. The lowest BCUT2D eigenvalue weighted by Crippen LogP contribution is -2.47. The van der Waals surface area contributed by atoms with Gasteiger partial charge >= 0.3 is 5.97 Å². The van der Waals surface area contributed by atoms with Gasteiger partial charge in [0.25, 0.3) is 0 Å². The van der Waals surface area contributed by atoms with Crippen molar-refractivity contribution in [3.05, 3.63) is 0 Å². The van der Waals surface area contributed by atoms with Gasteiger partial charge in [-0.05, 0) is 38.0 Å². The summed E-state index contributed by atoms with van der Waals surface area (Å²) in [6.07, 6.45) is 3.34. The molecule has 2 aliphatic rings. The maximum absolute atomic E-state index is 12.4. The zero-order chi connectivity index (χ0) is 13.3. The van der Waals surface area contributed by atoms with E-state index >= 15 is 0 Å². The number of carbonyl (C=O) groups is 2. The Hall–Kier alpha value is -1.10. The summed E-state index contributed by atoms with van der Waals surface area (Å²) in [5, 5.41) is 8.70. The molecule has 2 fully saturated rings. The van der Waals surface area contributed by atoms with Crippen molar-refractivity contribution in [3.8, 4) is 0 Å². The normalized spacial score (nSPS) is 33.7. The fourth-order valence-corrected chi connectivity index (χ4v) is 3.57. The largest absolute Gasteiger partial charge is 0.481 e. The maximum atomic E-state index is 12.4. The van der Waals surface area contributed by atoms with Crippen molar-refractivity contribution in [2.75, 3.05) is 13.1 Å². The Morgan fingerprint density at radius 3 is 2.50 bits per heavy atom. The molecule has 18 heavy (non-hydrogen) atoms. The summed E-state index contributed by atoms with van der Waals surface area (Å²) in [6.45, 7) is 2.75. The lowest BCUT2D eigenvalue weighted by atomic mass is 9.84. The first-order chi connectivity index (χ1) is 8.54. The van der Waals surface area contributed by atoms with E-state index in [-0.39, 0.29) is 24.3 Å². The Morgan fingerprint density at radius 1 is 1.33 bits per heavy atom. The Bertz CT molecular complexity index is 343. The molecule has 0 saturated heterocycles. The van der Waals surface area contributed by atoms with Crippen molar-refractivity contribution in [2.45, 2.75) is 38.6 Å². The van der Waals surface area contributed by atoms with Gasteiger partial charge < -0.3 is 15.7 Å². The average Bonchev–Trinajstić information content (AvgIpc) is 2.89. The summed E-state index contributed by atoms with van der Waals surface area (Å²) >= 11 is 0. The lowest BCUT2D eigenvalue weighted by Gasteiger charge is -2.32. The molecule has 0 aromatic carbocycles. The molecular weight excluding hydrogens is 232 g/mol. The van der Waals surface area contributed by atoms with Crippen LogP contribution in [0.5, 0.6) is 0 Å². The van der Waals surface area contributed by atoms with Crippen LogP contribution in [-0.4, -0.2) is 41.0 Å². The number of fused-ring (bicyclic) bond motifs is 2. The third-order valence-corrected chi connectivity index (χ3v) is 4.55. The molecule has 0 radical (unpaired) electrons. The minimum absolute atomic E-state index is 0.00956. The van der Waals surface area contributed by atoms with E-state index in [0.29, 0.717) is 24.9 Å². The number of carboxylic acids is 1. The van der Waals surface area contributed by atoms with Crippen LogP contribution in [0.3, 0.4) is 0 Å². The van der Waals surface area contributed by atoms with E-state index in [1.165, 1.54) is 0 Å². The molecule has 5 nitrogen and oxygen atoms in total. The fourth-order valence-electron chi connectivity index (χ4n) is 3.57. The Balaban J connectivity index is 1.98. The second-order valence-corrected chi connectivity index (χ2v) is 5.50. The van der Waals surface area contributed by atoms with Crippen LogP contribution in [0.4, 0.5) is 0 Å². The Morgan fingerprint density at radius 2 is 2.00 bits per heavy atom. The smallest absolute Gasteiger partial charge is 0.305 e. The van der Waals surface area contributed by atoms with E-state index in [2.05, 4.69) is 0 Å². The van der Waals surface area contributed by atoms with Gasteiger partial charge in [0.2, 0.25) is 5.91 Å². The summed E-state index contributed by atoms with van der Waals surface area (Å²) in [4.78, 5) is 24.7. The van der Waals surface area contributed by atoms with Crippen LogP contribution in [-0.2, 0) is 9.59 Å². The summed E-state index contributed by atoms with van der Waals surface area (Å²) < 4.78 is 0. The van der Waals surface area contributed by atoms with Gasteiger partial charge in [-0.3, -0.25) is 9.59 Å². The van der Waals surface area contributed by atoms with Gasteiger partial charge in [-0.2, -0.15) is 0 Å². The highest BCUT2D eigenvalue weighted by atomic mass is 16.4. The second-order valence-electron chi connectivity index (χ2n) is 5.50. The predicted octanol–water partition coefficient (Wildman–Crippen LogP) is 0.683. The summed E-state index contributed by atoms with van der Waals surface area (Å²) in [7, 11) is 0. The van der Waals surface area contributed by atoms with E-state index in [4.69, 9.17) is 10.8 Å². The van der Waals surface area contributed by atoms with Gasteiger partial charge in [0.15, 0.2) is 0 Å². The van der Waals surface area contributed by atoms with Crippen LogP contribution >= 0.6 is 0 Å². The standard InChI is InChI=1S/C13H22N2O3/c1-2-15(6-5-10(16)17)13(18)11-8-3-4-9(7-8)12(11)14/h8-9,11-12H,2-7,14H2,1H3,(H,16,17). The molecule has 5 heteroatoms. The summed E-state index contributed by atoms with van der Waals surface area (Å²) in [5.74, 6) is 0.0629. The quantitative estimate of drug-likeness (QED) is 0.756. The van der Waals surface area contributed by atoms with Gasteiger partial charge in [0.05, 0.1) is 12.3 Å². The minimum atomic E-state index is -0.863. The van der Waals surface area contributed by atoms with Gasteiger partial charge in [0.1, 0.15) is 0 Å². The molecule has 1 amide bonds. The van der Waals surface area contributed by atoms with Crippen molar-refractivity contribution >= 4 is 11.9 Å². The van der Waals surface area contributed by atoms with E-state index in [9.17, 15) is 9.59 Å². The molecule has 0 aliphatic heterocycles. The van der Waals surface area contributed by atoms with Gasteiger partial charge in [-0.25, -0.2) is 0 Å². The summed E-state index contributed by atoms with van der Waals surface area (Å²) in [6, 6.07) is -0.0184. The minimum Gasteiger partial charge on any atom is -0.481 e. The Kier molecular flexibility index (Phi) is 3.90. The lowest BCUT2D eigenvalue weighted by molar-refractivity contribution is -0.140. The molecule has 0 aromatic heterocycles. The van der Waals surface area contributed by atoms with Crippen molar-refractivity contribution in [3.63, 3.8) is 0 Å². The Labute approximate surface area is 107 Å². The SMILES string of the molecule is CCN(CCC(=O)O)C(=O)C1C2CCC(C2)C1N. The molecule has 2 rings (SSSR count). The van der Waals surface area contributed by atoms with Crippen LogP contribution in [0.1, 0.15) is 32.6 Å². The molecule has 4 unspecified atom stereocenters. The number of rotatable bonds is 5. The third kappa shape index (κ3) is 2.36. The van der Waals surface area contributed by atoms with Crippen LogP contribution in [0, 0.1) is 17.8 Å². The van der Waals surface area contributed by atoms with Crippen molar-refractivity contribution < 1.29 is 14.7 Å². The summed E-state index contributed by atoms with van der Waals surface area (Å²) in [5.41, 5.74) is 6.15. The van der Waals surface area contributed by atoms with Crippen LogP contribution in [0.15, 0.2) is 0 Å². The maximum Gasteiger partial charge on any atom is 0.305 e. The fraction of sp³-hybridized carbons (Fsp3) is 0.846. The molecule has 102 valence electrons. The van der Waals surface area contributed by atoms with Gasteiger partial charge in [-0.1, -0.05) is 0 Å². The predicted molar refractivity (Wildman–Crippen MR) is 66.8 cm³/mol. The number of nitrogens with two attached hydrogens (primary N) is 1. The van der Waals surface area contributed by atoms with Crippen LogP contribution in [0.2, 0.25) is 0 Å². The van der Waals surface area contributed by atoms with Crippen molar-refractivity contribution in [2.24, 2.45) is 23.5 Å². The van der Waals surface area contributed by atoms with E-state index in [1.54, 1.807) is 4.90 Å². The van der Waals surface area contributed by atoms with Gasteiger partial charge in [0, 0.05) is 19.1 Å². The molecule has 2 bridgehead atoms. The number of hydrogen-bond acceptors (Lipinski definition) is 3. The molecule has 3 N–H and O–H groups in total. The zero-order valence-corrected chi connectivity index (χ0v) is 10.8. The first kappa shape index (κ1) is 13.3. The van der Waals surface area contributed by atoms with E-state index in [1.807, 2.05) is 6.92 Å². The van der Waals surface area contributed by atoms with Crippen molar-refractivity contribution in [1.29, 1.82) is 0 Å². The highest BCUT2D eigenvalue weighted by Crippen LogP contribution is 2.48. The number of hydrogen-bond donors (Lipinski definition) is 2. The third-order valence-electron chi connectivity index (χ3n) is 4.55. The van der Waals surface area contributed by atoms with Crippen LogP contribution < -0.4 is 5.73 Å². The number of nitrogens with zero attached hydrogens (tertiary/aromatic N) is 1. The van der Waals surface area contributed by atoms with E-state index < -0.39 is 5.97 Å². The number of amides is 1. The first-order valence-electron chi connectivity index (χ1n) is 6.80. The molecule has 0 heterocycles. The molecular formula is C13H22N2O3. The molecule has 2 aliphatic carbocycles. The first-order valence-corrected chi connectivity index (χ1v) is 6.80. The topological polar surface area (TPSA) is 83.6 Å². The van der Waals surface area contributed by atoms with Gasteiger partial charge in [-0.15, -0.1) is 0 Å². The number of aliphatic carboxylic acids is 1. The van der Waals surface area contributed by atoms with E-state index in [0.717, 1.165) is 19.3 Å². The molecule has 2 saturated carbocycles. The van der Waals surface area contributed by atoms with Crippen LogP contribution in [0.25, 0.3) is 0 Å². The van der Waals surface area contributed by atoms with Crippen molar-refractivity contribution in [1.82, 2.24) is 4.90 Å². The zero-order valence-electron chi connectivity index (χ0n) is 10.8. The molecule has 0 spiro atoms. The highest BCUT2D eigenvalue weighted by Gasteiger charge is 2.49. The average molecular weight is 254 g/mol. The number of carboxylic acid groups (broad SMARTS) is 1. The molecule has 4 atom stereocenters.